The summed E-state index contributed by atoms with van der Waals surface area (Å²) in [6, 6.07) is 6.82. The Labute approximate surface area is 128 Å². The van der Waals surface area contributed by atoms with Gasteiger partial charge in [0.2, 0.25) is 0 Å². The van der Waals surface area contributed by atoms with Crippen LogP contribution in [-0.2, 0) is 6.42 Å². The quantitative estimate of drug-likeness (QED) is 0.865. The summed E-state index contributed by atoms with van der Waals surface area (Å²) in [6.07, 6.45) is 0.862. The molecule has 1 aromatic carbocycles. The van der Waals surface area contributed by atoms with Gasteiger partial charge in [0.25, 0.3) is 0 Å². The molecule has 0 bridgehead atoms. The number of nitrogens with two attached hydrogens (primary N) is 1. The fourth-order valence-corrected chi connectivity index (χ4v) is 3.14. The number of hydrogen-bond donors (Lipinski definition) is 1. The number of benzene rings is 1. The van der Waals surface area contributed by atoms with Crippen LogP contribution in [0.3, 0.4) is 0 Å². The molecule has 5 heteroatoms. The maximum Gasteiger partial charge on any atom is 0.143 e. The summed E-state index contributed by atoms with van der Waals surface area (Å²) in [5, 5.41) is 0. The van der Waals surface area contributed by atoms with Crippen molar-refractivity contribution in [1.82, 2.24) is 4.98 Å². The van der Waals surface area contributed by atoms with E-state index in [0.717, 1.165) is 46.9 Å². The molecule has 0 amide bonds. The Morgan fingerprint density at radius 3 is 2.81 bits per heavy atom. The molecule has 2 N–H and O–H groups in total. The molecule has 0 saturated heterocycles. The summed E-state index contributed by atoms with van der Waals surface area (Å²) in [6.45, 7) is 4.65. The van der Waals surface area contributed by atoms with Gasteiger partial charge in [0.1, 0.15) is 16.6 Å². The van der Waals surface area contributed by atoms with Crippen molar-refractivity contribution in [3.8, 4) is 0 Å². The van der Waals surface area contributed by atoms with Gasteiger partial charge >= 0.3 is 0 Å². The van der Waals surface area contributed by atoms with Gasteiger partial charge in [0, 0.05) is 17.9 Å². The summed E-state index contributed by atoms with van der Waals surface area (Å²) < 4.78 is 13.6. The predicted octanol–water partition coefficient (Wildman–Crippen LogP) is 3.17. The van der Waals surface area contributed by atoms with Crippen LogP contribution in [0.4, 0.5) is 15.9 Å². The van der Waals surface area contributed by atoms with Gasteiger partial charge in [-0.2, -0.15) is 0 Å². The highest BCUT2D eigenvalue weighted by molar-refractivity contribution is 7.80. The minimum absolute atomic E-state index is 0.248. The van der Waals surface area contributed by atoms with Crippen LogP contribution >= 0.6 is 12.2 Å². The van der Waals surface area contributed by atoms with Crippen molar-refractivity contribution < 1.29 is 4.39 Å². The van der Waals surface area contributed by atoms with Crippen LogP contribution in [0.25, 0.3) is 0 Å². The highest BCUT2D eigenvalue weighted by atomic mass is 32.1. The zero-order chi connectivity index (χ0) is 15.1. The normalized spacial score (nSPS) is 13.4. The Morgan fingerprint density at radius 2 is 2.10 bits per heavy atom. The number of fused-ring (bicyclic) bond motifs is 1. The van der Waals surface area contributed by atoms with Crippen molar-refractivity contribution >= 4 is 28.7 Å². The molecule has 1 aromatic heterocycles. The van der Waals surface area contributed by atoms with Crippen LogP contribution in [-0.4, -0.2) is 16.5 Å². The van der Waals surface area contributed by atoms with E-state index in [-0.39, 0.29) is 5.82 Å². The van der Waals surface area contributed by atoms with Gasteiger partial charge in [0.15, 0.2) is 0 Å². The molecule has 0 atom stereocenters. The molecule has 1 aliphatic heterocycles. The molecule has 0 saturated carbocycles. The van der Waals surface area contributed by atoms with E-state index in [2.05, 4.69) is 4.98 Å². The second-order valence-electron chi connectivity index (χ2n) is 5.32. The number of anilines is 2. The first-order chi connectivity index (χ1) is 9.97. The Balaban J connectivity index is 2.19. The van der Waals surface area contributed by atoms with Crippen molar-refractivity contribution in [2.45, 2.75) is 20.3 Å². The van der Waals surface area contributed by atoms with Crippen LogP contribution in [0, 0.1) is 19.7 Å². The van der Waals surface area contributed by atoms with E-state index in [4.69, 9.17) is 18.0 Å². The third kappa shape index (κ3) is 2.38. The first kappa shape index (κ1) is 13.9. The van der Waals surface area contributed by atoms with Crippen molar-refractivity contribution in [1.29, 1.82) is 0 Å². The number of hydrogen-bond acceptors (Lipinski definition) is 3. The molecule has 0 fully saturated rings. The monoisotopic (exact) mass is 301 g/mol. The van der Waals surface area contributed by atoms with E-state index in [0.29, 0.717) is 4.99 Å². The Hall–Kier alpha value is -2.01. The zero-order valence-electron chi connectivity index (χ0n) is 12.0. The van der Waals surface area contributed by atoms with E-state index < -0.39 is 0 Å². The number of aromatic nitrogens is 1. The van der Waals surface area contributed by atoms with E-state index in [1.807, 2.05) is 30.9 Å². The van der Waals surface area contributed by atoms with E-state index in [1.54, 1.807) is 6.07 Å². The zero-order valence-corrected chi connectivity index (χ0v) is 12.8. The lowest BCUT2D eigenvalue weighted by molar-refractivity contribution is 0.628. The summed E-state index contributed by atoms with van der Waals surface area (Å²) in [4.78, 5) is 6.93. The lowest BCUT2D eigenvalue weighted by Crippen LogP contribution is -2.22. The first-order valence-corrected chi connectivity index (χ1v) is 7.22. The largest absolute Gasteiger partial charge is 0.389 e. The average molecular weight is 301 g/mol. The molecule has 108 valence electrons. The highest BCUT2D eigenvalue weighted by Gasteiger charge is 2.25. The van der Waals surface area contributed by atoms with E-state index >= 15 is 0 Å². The molecule has 0 aliphatic carbocycles. The summed E-state index contributed by atoms with van der Waals surface area (Å²) in [5.41, 5.74) is 10.5. The SMILES string of the molecule is Cc1cc(C)c(C(N)=S)c(N2CCc3ccc(F)cc32)n1. The number of rotatable bonds is 2. The lowest BCUT2D eigenvalue weighted by atomic mass is 10.1. The van der Waals surface area contributed by atoms with Gasteiger partial charge in [0.05, 0.1) is 5.56 Å². The van der Waals surface area contributed by atoms with Crippen molar-refractivity contribution in [2.75, 3.05) is 11.4 Å². The fraction of sp³-hybridized carbons (Fsp3) is 0.250. The number of pyridine rings is 1. The summed E-state index contributed by atoms with van der Waals surface area (Å²) in [5.74, 6) is 0.478. The molecule has 2 heterocycles. The molecule has 3 nitrogen and oxygen atoms in total. The second kappa shape index (κ2) is 5.07. The molecule has 2 aromatic rings. The third-order valence-corrected chi connectivity index (χ3v) is 3.97. The molecule has 0 spiro atoms. The smallest absolute Gasteiger partial charge is 0.143 e. The highest BCUT2D eigenvalue weighted by Crippen LogP contribution is 2.36. The first-order valence-electron chi connectivity index (χ1n) is 6.81. The van der Waals surface area contributed by atoms with Gasteiger partial charge in [-0.1, -0.05) is 18.3 Å². The van der Waals surface area contributed by atoms with Gasteiger partial charge in [-0.3, -0.25) is 0 Å². The minimum atomic E-state index is -0.248. The van der Waals surface area contributed by atoms with Crippen molar-refractivity contribution in [2.24, 2.45) is 5.73 Å². The Bertz CT molecular complexity index is 743. The molecular formula is C16H16FN3S. The van der Waals surface area contributed by atoms with Gasteiger partial charge < -0.3 is 10.6 Å². The van der Waals surface area contributed by atoms with Crippen LogP contribution in [0.5, 0.6) is 0 Å². The summed E-state index contributed by atoms with van der Waals surface area (Å²) in [7, 11) is 0. The Kier molecular flexibility index (Phi) is 3.37. The lowest BCUT2D eigenvalue weighted by Gasteiger charge is -2.23. The second-order valence-corrected chi connectivity index (χ2v) is 5.76. The molecule has 0 radical (unpaired) electrons. The average Bonchev–Trinajstić information content (AvgIpc) is 2.79. The Morgan fingerprint density at radius 1 is 1.33 bits per heavy atom. The maximum absolute atomic E-state index is 13.6. The van der Waals surface area contributed by atoms with Gasteiger partial charge in [-0.25, -0.2) is 9.37 Å². The number of nitrogens with zero attached hydrogens (tertiary/aromatic N) is 2. The summed E-state index contributed by atoms with van der Waals surface area (Å²) >= 11 is 5.18. The van der Waals surface area contributed by atoms with E-state index in [1.165, 1.54) is 6.07 Å². The van der Waals surface area contributed by atoms with Crippen LogP contribution in [0.2, 0.25) is 0 Å². The molecule has 21 heavy (non-hydrogen) atoms. The van der Waals surface area contributed by atoms with Crippen LogP contribution in [0.1, 0.15) is 22.4 Å². The minimum Gasteiger partial charge on any atom is -0.389 e. The molecular weight excluding hydrogens is 285 g/mol. The van der Waals surface area contributed by atoms with Crippen molar-refractivity contribution in [3.63, 3.8) is 0 Å². The molecule has 0 unspecified atom stereocenters. The number of halogens is 1. The number of aryl methyl sites for hydroxylation is 2. The predicted molar refractivity (Wildman–Crippen MR) is 86.7 cm³/mol. The molecule has 3 rings (SSSR count). The topological polar surface area (TPSA) is 42.1 Å². The number of thiocarbonyl (C=S) groups is 1. The molecule has 1 aliphatic rings. The van der Waals surface area contributed by atoms with E-state index in [9.17, 15) is 4.39 Å². The third-order valence-electron chi connectivity index (χ3n) is 3.77. The van der Waals surface area contributed by atoms with Gasteiger partial charge in [-0.15, -0.1) is 0 Å². The van der Waals surface area contributed by atoms with Crippen LogP contribution in [0.15, 0.2) is 24.3 Å². The fourth-order valence-electron chi connectivity index (χ4n) is 2.89. The standard InChI is InChI=1S/C16H16FN3S/c1-9-7-10(2)19-16(14(9)15(18)21)20-6-5-11-3-4-12(17)8-13(11)20/h3-4,7-8H,5-6H2,1-2H3,(H2,18,21). The van der Waals surface area contributed by atoms with Crippen LogP contribution < -0.4 is 10.6 Å². The van der Waals surface area contributed by atoms with Crippen molar-refractivity contribution in [3.05, 3.63) is 52.5 Å². The maximum atomic E-state index is 13.6. The van der Waals surface area contributed by atoms with Gasteiger partial charge in [-0.05, 0) is 49.6 Å².